The molecular weight excluding hydrogens is 298 g/mol. The molecule has 1 aliphatic heterocycles. The molecule has 0 bridgehead atoms. The number of halogens is 1. The van der Waals surface area contributed by atoms with E-state index in [2.05, 4.69) is 20.6 Å². The van der Waals surface area contributed by atoms with Crippen LogP contribution in [-0.4, -0.2) is 29.6 Å². The molecule has 22 heavy (non-hydrogen) atoms. The highest BCUT2D eigenvalue weighted by Gasteiger charge is 2.15. The van der Waals surface area contributed by atoms with Crippen LogP contribution in [0.3, 0.4) is 0 Å². The lowest BCUT2D eigenvalue weighted by Crippen LogP contribution is -2.31. The van der Waals surface area contributed by atoms with Gasteiger partial charge in [-0.05, 0) is 49.5 Å². The first-order valence-electron chi connectivity index (χ1n) is 7.55. The molecule has 0 atom stereocenters. The van der Waals surface area contributed by atoms with E-state index < -0.39 is 0 Å². The van der Waals surface area contributed by atoms with Crippen molar-refractivity contribution in [2.24, 2.45) is 5.92 Å². The quantitative estimate of drug-likeness (QED) is 0.808. The van der Waals surface area contributed by atoms with Crippen molar-refractivity contribution in [3.05, 3.63) is 35.5 Å². The van der Waals surface area contributed by atoms with E-state index >= 15 is 0 Å². The number of aromatic nitrogens is 2. The van der Waals surface area contributed by atoms with Crippen molar-refractivity contribution in [1.29, 1.82) is 0 Å². The molecule has 6 heteroatoms. The van der Waals surface area contributed by atoms with E-state index in [1.165, 1.54) is 12.8 Å². The molecule has 0 spiro atoms. The monoisotopic (exact) mass is 317 g/mol. The van der Waals surface area contributed by atoms with Crippen LogP contribution in [0.15, 0.2) is 30.5 Å². The molecule has 4 N–H and O–H groups in total. The Morgan fingerprint density at radius 2 is 2.14 bits per heavy atom. The normalized spacial score (nSPS) is 15.7. The molecule has 0 amide bonds. The minimum atomic E-state index is 0.276. The Morgan fingerprint density at radius 3 is 2.91 bits per heavy atom. The summed E-state index contributed by atoms with van der Waals surface area (Å²) in [6.07, 6.45) is 4.11. The van der Waals surface area contributed by atoms with E-state index in [-0.39, 0.29) is 5.95 Å². The van der Waals surface area contributed by atoms with Crippen molar-refractivity contribution >= 4 is 23.4 Å². The number of nitrogens with two attached hydrogens (primary N) is 1. The zero-order chi connectivity index (χ0) is 15.4. The Bertz CT molecular complexity index is 640. The molecule has 0 radical (unpaired) electrons. The van der Waals surface area contributed by atoms with Crippen LogP contribution in [0.5, 0.6) is 0 Å². The highest BCUT2D eigenvalue weighted by molar-refractivity contribution is 6.30. The molecular formula is C16H20ClN5. The second-order valence-electron chi connectivity index (χ2n) is 5.58. The lowest BCUT2D eigenvalue weighted by atomic mass is 9.98. The summed E-state index contributed by atoms with van der Waals surface area (Å²) < 4.78 is 0. The van der Waals surface area contributed by atoms with Gasteiger partial charge in [0.15, 0.2) is 0 Å². The first-order chi connectivity index (χ1) is 10.7. The molecule has 1 aromatic carbocycles. The topological polar surface area (TPSA) is 75.9 Å². The molecule has 0 saturated carbocycles. The molecule has 3 rings (SSSR count). The van der Waals surface area contributed by atoms with Gasteiger partial charge in [0.25, 0.3) is 0 Å². The molecule has 0 aliphatic carbocycles. The lowest BCUT2D eigenvalue weighted by Gasteiger charge is -2.23. The average molecular weight is 318 g/mol. The summed E-state index contributed by atoms with van der Waals surface area (Å²) in [6.45, 7) is 3.06. The summed E-state index contributed by atoms with van der Waals surface area (Å²) in [7, 11) is 0. The fourth-order valence-electron chi connectivity index (χ4n) is 2.72. The summed E-state index contributed by atoms with van der Waals surface area (Å²) in [5, 5.41) is 7.51. The Balaban J connectivity index is 1.81. The number of nitrogens with zero attached hydrogens (tertiary/aromatic N) is 2. The number of nitrogens with one attached hydrogen (secondary N) is 2. The van der Waals surface area contributed by atoms with Gasteiger partial charge in [-0.25, -0.2) is 4.98 Å². The number of anilines is 2. The van der Waals surface area contributed by atoms with Gasteiger partial charge in [0, 0.05) is 23.3 Å². The second-order valence-corrected chi connectivity index (χ2v) is 6.01. The minimum absolute atomic E-state index is 0.276. The maximum absolute atomic E-state index is 6.08. The Hall–Kier alpha value is -1.85. The van der Waals surface area contributed by atoms with Gasteiger partial charge >= 0.3 is 0 Å². The van der Waals surface area contributed by atoms with E-state index in [0.717, 1.165) is 36.6 Å². The Labute approximate surface area is 135 Å². The fourth-order valence-corrected chi connectivity index (χ4v) is 2.91. The molecule has 0 unspecified atom stereocenters. The van der Waals surface area contributed by atoms with Gasteiger partial charge in [0.05, 0.1) is 0 Å². The smallest absolute Gasteiger partial charge is 0.221 e. The van der Waals surface area contributed by atoms with Crippen molar-refractivity contribution in [1.82, 2.24) is 15.3 Å². The van der Waals surface area contributed by atoms with Crippen molar-refractivity contribution < 1.29 is 0 Å². The van der Waals surface area contributed by atoms with Gasteiger partial charge in [0.2, 0.25) is 5.95 Å². The Morgan fingerprint density at radius 1 is 1.32 bits per heavy atom. The molecule has 1 aliphatic rings. The predicted octanol–water partition coefficient (Wildman–Crippen LogP) is 2.79. The number of rotatable bonds is 4. The van der Waals surface area contributed by atoms with Crippen LogP contribution in [0.4, 0.5) is 11.8 Å². The third-order valence-electron chi connectivity index (χ3n) is 3.96. The van der Waals surface area contributed by atoms with Gasteiger partial charge in [-0.15, -0.1) is 0 Å². The van der Waals surface area contributed by atoms with Crippen molar-refractivity contribution in [2.75, 3.05) is 30.7 Å². The van der Waals surface area contributed by atoms with Crippen LogP contribution in [0.2, 0.25) is 5.02 Å². The SMILES string of the molecule is Nc1ncc(-c2cccc(Cl)c2)c(NCC2CCNCC2)n1. The van der Waals surface area contributed by atoms with Gasteiger partial charge in [0.1, 0.15) is 5.82 Å². The number of hydrogen-bond acceptors (Lipinski definition) is 5. The maximum atomic E-state index is 6.08. The molecule has 1 saturated heterocycles. The maximum Gasteiger partial charge on any atom is 0.221 e. The van der Waals surface area contributed by atoms with Crippen molar-refractivity contribution in [2.45, 2.75) is 12.8 Å². The van der Waals surface area contributed by atoms with Crippen LogP contribution >= 0.6 is 11.6 Å². The molecule has 116 valence electrons. The lowest BCUT2D eigenvalue weighted by molar-refractivity contribution is 0.389. The summed E-state index contributed by atoms with van der Waals surface area (Å²) in [5.41, 5.74) is 7.65. The third-order valence-corrected chi connectivity index (χ3v) is 4.20. The Kier molecular flexibility index (Phi) is 4.75. The first kappa shape index (κ1) is 15.1. The van der Waals surface area contributed by atoms with Crippen LogP contribution < -0.4 is 16.4 Å². The highest BCUT2D eigenvalue weighted by atomic mass is 35.5. The number of hydrogen-bond donors (Lipinski definition) is 3. The number of piperidine rings is 1. The summed E-state index contributed by atoms with van der Waals surface area (Å²) >= 11 is 6.08. The van der Waals surface area contributed by atoms with Gasteiger partial charge in [-0.2, -0.15) is 4.98 Å². The van der Waals surface area contributed by atoms with E-state index in [0.29, 0.717) is 10.9 Å². The fraction of sp³-hybridized carbons (Fsp3) is 0.375. The summed E-state index contributed by atoms with van der Waals surface area (Å²) in [5.74, 6) is 1.71. The van der Waals surface area contributed by atoms with Crippen molar-refractivity contribution in [3.63, 3.8) is 0 Å². The minimum Gasteiger partial charge on any atom is -0.369 e. The zero-order valence-corrected chi connectivity index (χ0v) is 13.1. The van der Waals surface area contributed by atoms with Crippen molar-refractivity contribution in [3.8, 4) is 11.1 Å². The molecule has 1 aromatic heterocycles. The van der Waals surface area contributed by atoms with Gasteiger partial charge in [-0.3, -0.25) is 0 Å². The third kappa shape index (κ3) is 3.67. The van der Waals surface area contributed by atoms with Gasteiger partial charge < -0.3 is 16.4 Å². The molecule has 1 fully saturated rings. The zero-order valence-electron chi connectivity index (χ0n) is 12.3. The average Bonchev–Trinajstić information content (AvgIpc) is 2.54. The van der Waals surface area contributed by atoms with E-state index in [1.54, 1.807) is 6.20 Å². The van der Waals surface area contributed by atoms with Crippen LogP contribution in [0.25, 0.3) is 11.1 Å². The second kappa shape index (κ2) is 6.94. The van der Waals surface area contributed by atoms with E-state index in [9.17, 15) is 0 Å². The molecule has 2 heterocycles. The predicted molar refractivity (Wildman–Crippen MR) is 91.0 cm³/mol. The van der Waals surface area contributed by atoms with Gasteiger partial charge in [-0.1, -0.05) is 23.7 Å². The standard InChI is InChI=1S/C16H20ClN5/c17-13-3-1-2-12(8-13)14-10-21-16(18)22-15(14)20-9-11-4-6-19-7-5-11/h1-3,8,10-11,19H,4-7,9H2,(H3,18,20,21,22). The van der Waals surface area contributed by atoms with Crippen LogP contribution in [0.1, 0.15) is 12.8 Å². The number of nitrogen functional groups attached to an aromatic ring is 1. The molecule has 2 aromatic rings. The van der Waals surface area contributed by atoms with E-state index in [4.69, 9.17) is 17.3 Å². The van der Waals surface area contributed by atoms with Crippen LogP contribution in [-0.2, 0) is 0 Å². The largest absolute Gasteiger partial charge is 0.369 e. The summed E-state index contributed by atoms with van der Waals surface area (Å²) in [6, 6.07) is 7.68. The van der Waals surface area contributed by atoms with E-state index in [1.807, 2.05) is 24.3 Å². The number of benzene rings is 1. The first-order valence-corrected chi connectivity index (χ1v) is 7.93. The van der Waals surface area contributed by atoms with Crippen LogP contribution in [0, 0.1) is 5.92 Å². The highest BCUT2D eigenvalue weighted by Crippen LogP contribution is 2.28. The molecule has 5 nitrogen and oxygen atoms in total. The summed E-state index contributed by atoms with van der Waals surface area (Å²) in [4.78, 5) is 8.47.